The molecule has 8 nitrogen and oxygen atoms in total. The van der Waals surface area contributed by atoms with Crippen LogP contribution in [0.4, 0.5) is 0 Å². The zero-order chi connectivity index (χ0) is 18.7. The summed E-state index contributed by atoms with van der Waals surface area (Å²) in [5.74, 6) is 0.423. The summed E-state index contributed by atoms with van der Waals surface area (Å²) in [4.78, 5) is 14.1. The Balaban J connectivity index is 1.79. The highest BCUT2D eigenvalue weighted by molar-refractivity contribution is 7.89. The lowest BCUT2D eigenvalue weighted by Crippen LogP contribution is -2.42. The first kappa shape index (κ1) is 18.5. The van der Waals surface area contributed by atoms with Gasteiger partial charge < -0.3 is 9.47 Å². The molecule has 1 fully saturated rings. The van der Waals surface area contributed by atoms with Gasteiger partial charge in [0.25, 0.3) is 5.91 Å². The Morgan fingerprint density at radius 3 is 2.77 bits per heavy atom. The molecule has 1 N–H and O–H groups in total. The third-order valence-corrected chi connectivity index (χ3v) is 5.90. The van der Waals surface area contributed by atoms with Gasteiger partial charge in [0.1, 0.15) is 6.33 Å². The average molecular weight is 377 g/mol. The van der Waals surface area contributed by atoms with Crippen molar-refractivity contribution in [3.63, 3.8) is 0 Å². The van der Waals surface area contributed by atoms with Gasteiger partial charge in [0, 0.05) is 25.2 Å². The summed E-state index contributed by atoms with van der Waals surface area (Å²) in [5.41, 5.74) is 0.384. The van der Waals surface area contributed by atoms with E-state index in [1.54, 1.807) is 30.3 Å². The van der Waals surface area contributed by atoms with E-state index in [2.05, 4.69) is 14.9 Å². The molecule has 0 aliphatic carbocycles. The van der Waals surface area contributed by atoms with E-state index in [1.165, 1.54) is 12.1 Å². The number of likely N-dealkylation sites (tertiary alicyclic amines) is 1. The minimum Gasteiger partial charge on any atom is -0.339 e. The molecule has 1 aliphatic rings. The smallest absolute Gasteiger partial charge is 0.253 e. The van der Waals surface area contributed by atoms with Crippen LogP contribution in [0.1, 0.15) is 48.9 Å². The Labute approximate surface area is 153 Å². The van der Waals surface area contributed by atoms with Gasteiger partial charge in [-0.2, -0.15) is 0 Å². The second-order valence-electron chi connectivity index (χ2n) is 6.40. The normalized spacial score (nSPS) is 15.5. The van der Waals surface area contributed by atoms with Crippen molar-refractivity contribution in [2.45, 2.75) is 44.2 Å². The van der Waals surface area contributed by atoms with E-state index in [1.807, 2.05) is 11.5 Å². The molecule has 0 radical (unpaired) electrons. The SMILES string of the molecule is CCCn1cnnc1[C@H](C)NS(=O)(=O)c1cccc(C(=O)N2CCC2)c1. The summed E-state index contributed by atoms with van der Waals surface area (Å²) in [6.07, 6.45) is 3.47. The molecule has 2 aromatic rings. The third-order valence-electron chi connectivity index (χ3n) is 4.36. The summed E-state index contributed by atoms with van der Waals surface area (Å²) >= 11 is 0. The molecule has 0 bridgehead atoms. The fourth-order valence-corrected chi connectivity index (χ4v) is 4.11. The van der Waals surface area contributed by atoms with Gasteiger partial charge in [0.2, 0.25) is 10.0 Å². The van der Waals surface area contributed by atoms with Gasteiger partial charge in [-0.3, -0.25) is 4.79 Å². The highest BCUT2D eigenvalue weighted by atomic mass is 32.2. The zero-order valence-electron chi connectivity index (χ0n) is 14.9. The van der Waals surface area contributed by atoms with Crippen LogP contribution in [0.2, 0.25) is 0 Å². The summed E-state index contributed by atoms with van der Waals surface area (Å²) in [6.45, 7) is 5.91. The fourth-order valence-electron chi connectivity index (χ4n) is 2.86. The maximum Gasteiger partial charge on any atom is 0.253 e. The topological polar surface area (TPSA) is 97.2 Å². The molecule has 1 amide bonds. The summed E-state index contributed by atoms with van der Waals surface area (Å²) in [7, 11) is -3.79. The second kappa shape index (κ2) is 7.55. The standard InChI is InChI=1S/C17H23N5O3S/c1-3-8-22-12-18-19-16(22)13(2)20-26(24,25)15-7-4-6-14(11-15)17(23)21-9-5-10-21/h4,6-7,11-13,20H,3,5,8-10H2,1-2H3/t13-/m0/s1. The minimum absolute atomic E-state index is 0.0669. The second-order valence-corrected chi connectivity index (χ2v) is 8.11. The van der Waals surface area contributed by atoms with Crippen LogP contribution >= 0.6 is 0 Å². The predicted molar refractivity (Wildman–Crippen MR) is 96.0 cm³/mol. The molecule has 1 aromatic carbocycles. The minimum atomic E-state index is -3.79. The molecular weight excluding hydrogens is 354 g/mol. The molecule has 1 saturated heterocycles. The average Bonchev–Trinajstić information content (AvgIpc) is 3.02. The van der Waals surface area contributed by atoms with Gasteiger partial charge in [0.15, 0.2) is 5.82 Å². The van der Waals surface area contributed by atoms with Crippen LogP contribution in [-0.4, -0.2) is 47.1 Å². The van der Waals surface area contributed by atoms with E-state index in [0.717, 1.165) is 25.9 Å². The molecule has 1 atom stereocenters. The van der Waals surface area contributed by atoms with Crippen LogP contribution in [0.25, 0.3) is 0 Å². The number of hydrogen-bond donors (Lipinski definition) is 1. The van der Waals surface area contributed by atoms with Gasteiger partial charge >= 0.3 is 0 Å². The maximum atomic E-state index is 12.7. The molecule has 3 rings (SSSR count). The van der Waals surface area contributed by atoms with E-state index < -0.39 is 16.1 Å². The summed E-state index contributed by atoms with van der Waals surface area (Å²) < 4.78 is 29.9. The van der Waals surface area contributed by atoms with Gasteiger partial charge in [-0.1, -0.05) is 13.0 Å². The molecule has 26 heavy (non-hydrogen) atoms. The van der Waals surface area contributed by atoms with Crippen molar-refractivity contribution in [2.75, 3.05) is 13.1 Å². The lowest BCUT2D eigenvalue weighted by molar-refractivity contribution is 0.0651. The summed E-state index contributed by atoms with van der Waals surface area (Å²) in [5, 5.41) is 7.89. The van der Waals surface area contributed by atoms with E-state index in [0.29, 0.717) is 17.9 Å². The van der Waals surface area contributed by atoms with E-state index >= 15 is 0 Å². The van der Waals surface area contributed by atoms with Crippen LogP contribution in [-0.2, 0) is 16.6 Å². The van der Waals surface area contributed by atoms with Crippen molar-refractivity contribution < 1.29 is 13.2 Å². The highest BCUT2D eigenvalue weighted by Crippen LogP contribution is 2.19. The van der Waals surface area contributed by atoms with Crippen molar-refractivity contribution in [2.24, 2.45) is 0 Å². The van der Waals surface area contributed by atoms with Gasteiger partial charge in [-0.25, -0.2) is 13.1 Å². The Kier molecular flexibility index (Phi) is 5.38. The van der Waals surface area contributed by atoms with Crippen LogP contribution in [0, 0.1) is 0 Å². The van der Waals surface area contributed by atoms with Crippen molar-refractivity contribution in [1.29, 1.82) is 0 Å². The molecular formula is C17H23N5O3S. The molecule has 2 heterocycles. The molecule has 1 aromatic heterocycles. The first-order valence-corrected chi connectivity index (χ1v) is 10.2. The highest BCUT2D eigenvalue weighted by Gasteiger charge is 2.25. The molecule has 9 heteroatoms. The quantitative estimate of drug-likeness (QED) is 0.790. The van der Waals surface area contributed by atoms with E-state index in [9.17, 15) is 13.2 Å². The first-order chi connectivity index (χ1) is 12.4. The third kappa shape index (κ3) is 3.78. The zero-order valence-corrected chi connectivity index (χ0v) is 15.7. The molecule has 140 valence electrons. The maximum absolute atomic E-state index is 12.7. The fraction of sp³-hybridized carbons (Fsp3) is 0.471. The van der Waals surface area contributed by atoms with Crippen molar-refractivity contribution in [3.8, 4) is 0 Å². The largest absolute Gasteiger partial charge is 0.339 e. The number of aromatic nitrogens is 3. The van der Waals surface area contributed by atoms with Gasteiger partial charge in [-0.15, -0.1) is 10.2 Å². The van der Waals surface area contributed by atoms with E-state index in [4.69, 9.17) is 0 Å². The molecule has 0 saturated carbocycles. The summed E-state index contributed by atoms with van der Waals surface area (Å²) in [6, 6.07) is 5.60. The van der Waals surface area contributed by atoms with Gasteiger partial charge in [0.05, 0.1) is 10.9 Å². The van der Waals surface area contributed by atoms with Crippen LogP contribution < -0.4 is 4.72 Å². The van der Waals surface area contributed by atoms with Crippen LogP contribution in [0.15, 0.2) is 35.5 Å². The predicted octanol–water partition coefficient (Wildman–Crippen LogP) is 1.57. The number of carbonyl (C=O) groups excluding carboxylic acids is 1. The lowest BCUT2D eigenvalue weighted by atomic mass is 10.1. The number of aryl methyl sites for hydroxylation is 1. The molecule has 0 spiro atoms. The van der Waals surface area contributed by atoms with Crippen LogP contribution in [0.5, 0.6) is 0 Å². The lowest BCUT2D eigenvalue weighted by Gasteiger charge is -2.31. The Hall–Kier alpha value is -2.26. The number of sulfonamides is 1. The monoisotopic (exact) mass is 377 g/mol. The van der Waals surface area contributed by atoms with Crippen molar-refractivity contribution in [3.05, 3.63) is 42.0 Å². The number of nitrogens with one attached hydrogen (secondary N) is 1. The molecule has 1 aliphatic heterocycles. The van der Waals surface area contributed by atoms with Crippen molar-refractivity contribution in [1.82, 2.24) is 24.4 Å². The Bertz CT molecular complexity index is 889. The van der Waals surface area contributed by atoms with E-state index in [-0.39, 0.29) is 10.8 Å². The number of nitrogens with zero attached hydrogens (tertiary/aromatic N) is 4. The Morgan fingerprint density at radius 2 is 2.12 bits per heavy atom. The number of benzene rings is 1. The first-order valence-electron chi connectivity index (χ1n) is 8.71. The number of carbonyl (C=O) groups is 1. The number of hydrogen-bond acceptors (Lipinski definition) is 5. The van der Waals surface area contributed by atoms with Crippen LogP contribution in [0.3, 0.4) is 0 Å². The Morgan fingerprint density at radius 1 is 1.35 bits per heavy atom. The number of amides is 1. The molecule has 0 unspecified atom stereocenters. The van der Waals surface area contributed by atoms with Gasteiger partial charge in [-0.05, 0) is 38.0 Å². The van der Waals surface area contributed by atoms with Crippen molar-refractivity contribution >= 4 is 15.9 Å². The number of rotatable bonds is 7.